The fourth-order valence-electron chi connectivity index (χ4n) is 4.98. The number of halogens is 4. The fraction of sp³-hybridized carbons (Fsp3) is 0.219. The maximum atomic E-state index is 14.6. The summed E-state index contributed by atoms with van der Waals surface area (Å²) in [5.74, 6) is -6.86. The molecule has 0 saturated heterocycles. The average molecular weight is 611 g/mol. The van der Waals surface area contributed by atoms with Crippen LogP contribution >= 0.6 is 0 Å². The largest absolute Gasteiger partial charge is 0.482 e. The van der Waals surface area contributed by atoms with E-state index in [1.165, 1.54) is 10.6 Å². The second-order valence-corrected chi connectivity index (χ2v) is 9.99. The molecule has 1 aliphatic heterocycles. The number of ether oxygens (including phenoxy) is 3. The van der Waals surface area contributed by atoms with E-state index in [9.17, 15) is 31.9 Å². The monoisotopic (exact) mass is 610 g/mol. The fourth-order valence-corrected chi connectivity index (χ4v) is 4.98. The Morgan fingerprint density at radius 3 is 2.36 bits per heavy atom. The summed E-state index contributed by atoms with van der Waals surface area (Å²) in [6, 6.07) is 13.5. The minimum atomic E-state index is -1.28. The number of pyridine rings is 1. The summed E-state index contributed by atoms with van der Waals surface area (Å²) in [7, 11) is 1.11. The third-order valence-corrected chi connectivity index (χ3v) is 7.24. The first-order valence-corrected chi connectivity index (χ1v) is 13.5. The third kappa shape index (κ3) is 6.29. The van der Waals surface area contributed by atoms with E-state index < -0.39 is 70.2 Å². The molecule has 44 heavy (non-hydrogen) atoms. The van der Waals surface area contributed by atoms with Crippen LogP contribution in [0.2, 0.25) is 0 Å². The van der Waals surface area contributed by atoms with Crippen molar-refractivity contribution in [3.63, 3.8) is 0 Å². The molecule has 0 bridgehead atoms. The van der Waals surface area contributed by atoms with Crippen LogP contribution in [-0.2, 0) is 29.1 Å². The summed E-state index contributed by atoms with van der Waals surface area (Å²) in [6.45, 7) is -0.958. The minimum Gasteiger partial charge on any atom is -0.482 e. The second-order valence-electron chi connectivity index (χ2n) is 9.99. The van der Waals surface area contributed by atoms with Gasteiger partial charge in [-0.2, -0.15) is 0 Å². The van der Waals surface area contributed by atoms with Gasteiger partial charge in [0, 0.05) is 36.1 Å². The smallest absolute Gasteiger partial charge is 0.358 e. The number of aromatic nitrogens is 1. The number of nitrogens with zero attached hydrogens (tertiary/aromatic N) is 1. The van der Waals surface area contributed by atoms with Crippen molar-refractivity contribution in [2.24, 2.45) is 0 Å². The summed E-state index contributed by atoms with van der Waals surface area (Å²) >= 11 is 0. The predicted octanol–water partition coefficient (Wildman–Crippen LogP) is 5.73. The molecule has 1 atom stereocenters. The Morgan fingerprint density at radius 1 is 0.932 bits per heavy atom. The Balaban J connectivity index is 1.57. The molecule has 1 N–H and O–H groups in total. The number of fused-ring (bicyclic) bond motifs is 1. The van der Waals surface area contributed by atoms with Crippen molar-refractivity contribution in [1.82, 2.24) is 4.57 Å². The Morgan fingerprint density at radius 2 is 1.66 bits per heavy atom. The molecule has 8 nitrogen and oxygen atoms in total. The van der Waals surface area contributed by atoms with E-state index >= 15 is 0 Å². The van der Waals surface area contributed by atoms with E-state index in [0.717, 1.165) is 13.3 Å². The number of benzene rings is 3. The number of anilines is 1. The van der Waals surface area contributed by atoms with Crippen LogP contribution in [0, 0.1) is 23.3 Å². The van der Waals surface area contributed by atoms with Gasteiger partial charge in [0.25, 0.3) is 0 Å². The van der Waals surface area contributed by atoms with E-state index in [2.05, 4.69) is 5.32 Å². The first-order valence-electron chi connectivity index (χ1n) is 13.5. The zero-order chi connectivity index (χ0) is 31.4. The number of rotatable bonds is 8. The molecular weight excluding hydrogens is 584 g/mol. The number of carbonyl (C=O) groups is 2. The van der Waals surface area contributed by atoms with E-state index in [1.54, 1.807) is 42.5 Å². The van der Waals surface area contributed by atoms with Crippen LogP contribution in [0.15, 0.2) is 71.7 Å². The summed E-state index contributed by atoms with van der Waals surface area (Å²) in [5.41, 5.74) is -1.02. The number of esters is 2. The topological polar surface area (TPSA) is 95.9 Å². The normalized spacial score (nSPS) is 14.2. The van der Waals surface area contributed by atoms with Crippen LogP contribution < -0.4 is 15.5 Å². The van der Waals surface area contributed by atoms with Gasteiger partial charge in [-0.15, -0.1) is 0 Å². The molecule has 5 rings (SSSR count). The highest BCUT2D eigenvalue weighted by molar-refractivity contribution is 5.94. The average Bonchev–Trinajstić information content (AvgIpc) is 3.23. The van der Waals surface area contributed by atoms with E-state index in [4.69, 9.17) is 14.2 Å². The van der Waals surface area contributed by atoms with Gasteiger partial charge in [0.05, 0.1) is 18.7 Å². The minimum absolute atomic E-state index is 0.155. The Bertz CT molecular complexity index is 1750. The summed E-state index contributed by atoms with van der Waals surface area (Å²) in [4.78, 5) is 40.1. The van der Waals surface area contributed by atoms with E-state index in [1.807, 2.05) is 0 Å². The Hall–Kier alpha value is -5.13. The SMILES string of the molecule is COC(=O)c1c(OCc2ccccc2)c(=O)c(C(=O)OCc2c(F)cc(F)cc2F)cn1[C@H]1CCc2c(F)cccc2NC1. The highest BCUT2D eigenvalue weighted by atomic mass is 19.1. The zero-order valence-corrected chi connectivity index (χ0v) is 23.4. The van der Waals surface area contributed by atoms with Gasteiger partial charge in [-0.25, -0.2) is 27.2 Å². The van der Waals surface area contributed by atoms with Gasteiger partial charge in [-0.1, -0.05) is 36.4 Å². The van der Waals surface area contributed by atoms with Crippen molar-refractivity contribution in [3.05, 3.63) is 128 Å². The van der Waals surface area contributed by atoms with Crippen LogP contribution in [-0.4, -0.2) is 30.2 Å². The number of hydrogen-bond acceptors (Lipinski definition) is 7. The van der Waals surface area contributed by atoms with E-state index in [0.29, 0.717) is 28.9 Å². The number of hydrogen-bond donors (Lipinski definition) is 1. The lowest BCUT2D eigenvalue weighted by Gasteiger charge is -2.24. The Kier molecular flexibility index (Phi) is 8.98. The van der Waals surface area contributed by atoms with Crippen LogP contribution in [0.3, 0.4) is 0 Å². The lowest BCUT2D eigenvalue weighted by molar-refractivity contribution is 0.0457. The van der Waals surface area contributed by atoms with Crippen LogP contribution in [0.25, 0.3) is 0 Å². The van der Waals surface area contributed by atoms with E-state index in [-0.39, 0.29) is 31.7 Å². The van der Waals surface area contributed by atoms with Crippen molar-refractivity contribution in [3.8, 4) is 5.75 Å². The summed E-state index contributed by atoms with van der Waals surface area (Å²) in [5, 5.41) is 3.14. The molecule has 0 spiro atoms. The first kappa shape index (κ1) is 30.3. The van der Waals surface area contributed by atoms with Gasteiger partial charge < -0.3 is 24.1 Å². The molecule has 228 valence electrons. The molecule has 0 amide bonds. The molecule has 12 heteroatoms. The molecule has 1 aliphatic rings. The van der Waals surface area contributed by atoms with Gasteiger partial charge in [0.15, 0.2) is 11.4 Å². The van der Waals surface area contributed by atoms with Gasteiger partial charge in [-0.05, 0) is 30.5 Å². The van der Waals surface area contributed by atoms with Crippen molar-refractivity contribution in [1.29, 1.82) is 0 Å². The molecule has 0 radical (unpaired) electrons. The van der Waals surface area contributed by atoms with Crippen molar-refractivity contribution in [2.45, 2.75) is 32.1 Å². The van der Waals surface area contributed by atoms with Gasteiger partial charge >= 0.3 is 11.9 Å². The Labute approximate surface area is 248 Å². The molecule has 0 saturated carbocycles. The number of methoxy groups -OCH3 is 1. The second kappa shape index (κ2) is 13.0. The highest BCUT2D eigenvalue weighted by Gasteiger charge is 2.31. The number of carbonyl (C=O) groups excluding carboxylic acids is 2. The quantitative estimate of drug-likeness (QED) is 0.201. The van der Waals surface area contributed by atoms with Crippen LogP contribution in [0.1, 0.15) is 50.0 Å². The third-order valence-electron chi connectivity index (χ3n) is 7.24. The standard InChI is InChI=1S/C32H26F4N2O6/c1-42-32(41)28-30(43-16-18-6-3-2-4-7-18)29(39)22(31(40)44-17-23-25(35)12-19(33)13-26(23)36)15-38(28)20-10-11-21-24(34)8-5-9-27(21)37-14-20/h2-9,12-13,15,20,37H,10-11,14,16-17H2,1H3/t20-/m0/s1. The van der Waals surface area contributed by atoms with Crippen molar-refractivity contribution < 1.29 is 41.4 Å². The summed E-state index contributed by atoms with van der Waals surface area (Å²) < 4.78 is 73.6. The first-order chi connectivity index (χ1) is 21.2. The lowest BCUT2D eigenvalue weighted by atomic mass is 10.0. The zero-order valence-electron chi connectivity index (χ0n) is 23.4. The molecule has 2 heterocycles. The van der Waals surface area contributed by atoms with Gasteiger partial charge in [0.2, 0.25) is 5.43 Å². The molecule has 0 unspecified atom stereocenters. The number of nitrogens with one attached hydrogen (secondary N) is 1. The molecular formula is C32H26F4N2O6. The van der Waals surface area contributed by atoms with Gasteiger partial charge in [0.1, 0.15) is 42.0 Å². The summed E-state index contributed by atoms with van der Waals surface area (Å²) in [6.07, 6.45) is 1.60. The van der Waals surface area contributed by atoms with Gasteiger partial charge in [-0.3, -0.25) is 4.79 Å². The van der Waals surface area contributed by atoms with Crippen molar-refractivity contribution >= 4 is 17.6 Å². The van der Waals surface area contributed by atoms with Crippen molar-refractivity contribution in [2.75, 3.05) is 19.0 Å². The lowest BCUT2D eigenvalue weighted by Crippen LogP contribution is -2.31. The highest BCUT2D eigenvalue weighted by Crippen LogP contribution is 2.31. The molecule has 1 aromatic heterocycles. The predicted molar refractivity (Wildman–Crippen MR) is 150 cm³/mol. The molecule has 0 fully saturated rings. The molecule has 3 aromatic carbocycles. The maximum Gasteiger partial charge on any atom is 0.358 e. The maximum absolute atomic E-state index is 14.6. The van der Waals surface area contributed by atoms with Crippen LogP contribution in [0.5, 0.6) is 5.75 Å². The molecule has 0 aliphatic carbocycles. The van der Waals surface area contributed by atoms with Crippen LogP contribution in [0.4, 0.5) is 23.2 Å². The molecule has 4 aromatic rings.